The molecule has 0 spiro atoms. The molecular weight excluding hydrogens is 454 g/mol. The minimum atomic E-state index is -0.0436. The van der Waals surface area contributed by atoms with Crippen LogP contribution in [0.3, 0.4) is 0 Å². The zero-order valence-corrected chi connectivity index (χ0v) is 21.3. The van der Waals surface area contributed by atoms with E-state index in [1.165, 1.54) is 0 Å². The average Bonchev–Trinajstić information content (AvgIpc) is 3.63. The number of rotatable bonds is 8. The number of aryl methyl sites for hydroxylation is 1. The molecule has 0 aliphatic carbocycles. The van der Waals surface area contributed by atoms with Gasteiger partial charge in [0.2, 0.25) is 5.91 Å². The highest BCUT2D eigenvalue weighted by atomic mass is 16.5. The summed E-state index contributed by atoms with van der Waals surface area (Å²) in [5.74, 6) is 1.78. The lowest BCUT2D eigenvalue weighted by Crippen LogP contribution is -2.37. The van der Waals surface area contributed by atoms with Gasteiger partial charge in [0.1, 0.15) is 5.75 Å². The van der Waals surface area contributed by atoms with Gasteiger partial charge in [-0.05, 0) is 48.8 Å². The molecule has 7 nitrogen and oxygen atoms in total. The predicted molar refractivity (Wildman–Crippen MR) is 138 cm³/mol. The van der Waals surface area contributed by atoms with Crippen molar-refractivity contribution in [1.82, 2.24) is 15.1 Å². The lowest BCUT2D eigenvalue weighted by atomic mass is 10.0. The Morgan fingerprint density at radius 1 is 1.06 bits per heavy atom. The Kier molecular flexibility index (Phi) is 7.58. The molecule has 2 aromatic carbocycles. The topological polar surface area (TPSA) is 71.1 Å². The van der Waals surface area contributed by atoms with Crippen molar-refractivity contribution in [2.24, 2.45) is 17.8 Å². The molecule has 192 valence electrons. The highest BCUT2D eigenvalue weighted by Gasteiger charge is 2.42. The highest BCUT2D eigenvalue weighted by molar-refractivity contribution is 5.97. The van der Waals surface area contributed by atoms with Crippen molar-refractivity contribution in [2.45, 2.75) is 25.8 Å². The first-order valence-electron chi connectivity index (χ1n) is 13.1. The van der Waals surface area contributed by atoms with Gasteiger partial charge in [-0.15, -0.1) is 0 Å². The Balaban J connectivity index is 1.17. The molecule has 0 aromatic heterocycles. The maximum atomic E-state index is 13.3. The summed E-state index contributed by atoms with van der Waals surface area (Å²) in [5, 5.41) is 3.29. The number of ether oxygens (including phenoxy) is 2. The molecule has 3 unspecified atom stereocenters. The van der Waals surface area contributed by atoms with Crippen LogP contribution >= 0.6 is 0 Å². The fourth-order valence-corrected chi connectivity index (χ4v) is 6.05. The summed E-state index contributed by atoms with van der Waals surface area (Å²) in [6.45, 7) is 7.64. The number of para-hydroxylation sites is 1. The van der Waals surface area contributed by atoms with Gasteiger partial charge in [-0.2, -0.15) is 0 Å². The number of methoxy groups -OCH3 is 1. The Morgan fingerprint density at radius 3 is 2.47 bits per heavy atom. The van der Waals surface area contributed by atoms with Crippen LogP contribution in [0.15, 0.2) is 48.5 Å². The van der Waals surface area contributed by atoms with E-state index in [9.17, 15) is 9.59 Å². The van der Waals surface area contributed by atoms with Crippen molar-refractivity contribution in [3.63, 3.8) is 0 Å². The summed E-state index contributed by atoms with van der Waals surface area (Å²) in [7, 11) is 1.63. The minimum absolute atomic E-state index is 0.00778. The molecule has 0 bridgehead atoms. The van der Waals surface area contributed by atoms with Crippen molar-refractivity contribution in [3.8, 4) is 5.75 Å². The van der Waals surface area contributed by atoms with Crippen molar-refractivity contribution in [3.05, 3.63) is 65.2 Å². The van der Waals surface area contributed by atoms with E-state index >= 15 is 0 Å². The molecular formula is C29H37N3O4. The molecule has 1 N–H and O–H groups in total. The number of hydrogen-bond donors (Lipinski definition) is 1. The molecule has 3 aliphatic heterocycles. The van der Waals surface area contributed by atoms with E-state index in [4.69, 9.17) is 9.47 Å². The van der Waals surface area contributed by atoms with E-state index in [0.717, 1.165) is 56.7 Å². The third-order valence-corrected chi connectivity index (χ3v) is 8.05. The third-order valence-electron chi connectivity index (χ3n) is 8.05. The van der Waals surface area contributed by atoms with E-state index in [-0.39, 0.29) is 23.8 Å². The second kappa shape index (κ2) is 11.0. The lowest BCUT2D eigenvalue weighted by Gasteiger charge is -2.26. The SMILES string of the molecule is COc1c(C)cccc1C(=O)N1CC2CN(CCC(NC(=O)C3CCOC3)c3ccccc3)C[C@H]2C1. The van der Waals surface area contributed by atoms with Gasteiger partial charge in [0.05, 0.1) is 31.2 Å². The highest BCUT2D eigenvalue weighted by Crippen LogP contribution is 2.34. The average molecular weight is 492 g/mol. The Labute approximate surface area is 213 Å². The smallest absolute Gasteiger partial charge is 0.257 e. The molecule has 3 fully saturated rings. The van der Waals surface area contributed by atoms with Crippen LogP contribution in [0.25, 0.3) is 0 Å². The van der Waals surface area contributed by atoms with Crippen molar-refractivity contribution in [1.29, 1.82) is 0 Å². The second-order valence-electron chi connectivity index (χ2n) is 10.5. The van der Waals surface area contributed by atoms with Crippen LogP contribution < -0.4 is 10.1 Å². The Hall–Kier alpha value is -2.90. The number of likely N-dealkylation sites (tertiary alicyclic amines) is 2. The number of hydrogen-bond acceptors (Lipinski definition) is 5. The first-order valence-corrected chi connectivity index (χ1v) is 13.1. The van der Waals surface area contributed by atoms with Crippen LogP contribution in [0.5, 0.6) is 5.75 Å². The molecule has 2 amide bonds. The zero-order valence-electron chi connectivity index (χ0n) is 21.3. The first kappa shape index (κ1) is 24.8. The number of amides is 2. The summed E-state index contributed by atoms with van der Waals surface area (Å²) in [6, 6.07) is 16.0. The Bertz CT molecular complexity index is 1060. The number of carbonyl (C=O) groups excluding carboxylic acids is 2. The van der Waals surface area contributed by atoms with Crippen molar-refractivity contribution >= 4 is 11.8 Å². The number of nitrogens with zero attached hydrogens (tertiary/aromatic N) is 2. The van der Waals surface area contributed by atoms with Gasteiger partial charge in [0, 0.05) is 39.3 Å². The monoisotopic (exact) mass is 491 g/mol. The molecule has 3 saturated heterocycles. The largest absolute Gasteiger partial charge is 0.496 e. The van der Waals surface area contributed by atoms with Gasteiger partial charge in [0.25, 0.3) is 5.91 Å². The Morgan fingerprint density at radius 2 is 1.81 bits per heavy atom. The van der Waals surface area contributed by atoms with Crippen LogP contribution in [0, 0.1) is 24.7 Å². The van der Waals surface area contributed by atoms with Gasteiger partial charge in [-0.1, -0.05) is 42.5 Å². The number of carbonyl (C=O) groups is 2. The number of fused-ring (bicyclic) bond motifs is 1. The number of benzene rings is 2. The first-order chi connectivity index (χ1) is 17.5. The quantitative estimate of drug-likeness (QED) is 0.614. The standard InChI is InChI=1S/C29H37N3O4/c1-20-7-6-10-25(27(20)35-2)29(34)32-17-23-15-31(16-24(23)18-32)13-11-26(21-8-4-3-5-9-21)30-28(33)22-12-14-36-19-22/h3-10,22-24,26H,11-19H2,1-2H3,(H,30,33)/t22?,23-,24?,26?/m0/s1. The van der Waals surface area contributed by atoms with Crippen LogP contribution in [0.1, 0.15) is 40.4 Å². The van der Waals surface area contributed by atoms with E-state index in [1.54, 1.807) is 7.11 Å². The molecule has 4 atom stereocenters. The molecule has 0 saturated carbocycles. The predicted octanol–water partition coefficient (Wildman–Crippen LogP) is 3.29. The number of nitrogens with one attached hydrogen (secondary N) is 1. The van der Waals surface area contributed by atoms with Crippen LogP contribution in [0.2, 0.25) is 0 Å². The molecule has 2 aromatic rings. The molecule has 3 aliphatic rings. The van der Waals surface area contributed by atoms with Crippen LogP contribution in [0.4, 0.5) is 0 Å². The van der Waals surface area contributed by atoms with Gasteiger partial charge < -0.3 is 24.6 Å². The van der Waals surface area contributed by atoms with Crippen molar-refractivity contribution < 1.29 is 19.1 Å². The molecule has 5 rings (SSSR count). The summed E-state index contributed by atoms with van der Waals surface area (Å²) >= 11 is 0. The van der Waals surface area contributed by atoms with E-state index in [1.807, 2.05) is 48.2 Å². The zero-order chi connectivity index (χ0) is 25.1. The molecule has 3 heterocycles. The normalized spacial score (nSPS) is 24.5. The summed E-state index contributed by atoms with van der Waals surface area (Å²) in [5.41, 5.74) is 2.78. The van der Waals surface area contributed by atoms with Crippen LogP contribution in [-0.4, -0.2) is 74.7 Å². The molecule has 0 radical (unpaired) electrons. The summed E-state index contributed by atoms with van der Waals surface area (Å²) in [6.07, 6.45) is 1.67. The van der Waals surface area contributed by atoms with Gasteiger partial charge in [-0.3, -0.25) is 9.59 Å². The summed E-state index contributed by atoms with van der Waals surface area (Å²) in [4.78, 5) is 30.6. The maximum Gasteiger partial charge on any atom is 0.257 e. The van der Waals surface area contributed by atoms with Gasteiger partial charge in [-0.25, -0.2) is 0 Å². The molecule has 36 heavy (non-hydrogen) atoms. The van der Waals surface area contributed by atoms with Crippen molar-refractivity contribution in [2.75, 3.05) is 53.0 Å². The van der Waals surface area contributed by atoms with Crippen LogP contribution in [-0.2, 0) is 9.53 Å². The summed E-state index contributed by atoms with van der Waals surface area (Å²) < 4.78 is 10.9. The van der Waals surface area contributed by atoms with E-state index in [2.05, 4.69) is 22.3 Å². The maximum absolute atomic E-state index is 13.3. The second-order valence-corrected chi connectivity index (χ2v) is 10.5. The molecule has 7 heteroatoms. The fraction of sp³-hybridized carbons (Fsp3) is 0.517. The third kappa shape index (κ3) is 5.27. The lowest BCUT2D eigenvalue weighted by molar-refractivity contribution is -0.125. The minimum Gasteiger partial charge on any atom is -0.496 e. The van der Waals surface area contributed by atoms with Gasteiger partial charge in [0.15, 0.2) is 0 Å². The van der Waals surface area contributed by atoms with Gasteiger partial charge >= 0.3 is 0 Å². The van der Waals surface area contributed by atoms with E-state index in [0.29, 0.717) is 36.4 Å². The fourth-order valence-electron chi connectivity index (χ4n) is 6.05. The van der Waals surface area contributed by atoms with E-state index < -0.39 is 0 Å².